The molecule has 0 amide bonds. The van der Waals surface area contributed by atoms with Crippen LogP contribution in [0.25, 0.3) is 0 Å². The molecule has 2 unspecified atom stereocenters. The van der Waals surface area contributed by atoms with Crippen molar-refractivity contribution >= 4 is 11.5 Å². The van der Waals surface area contributed by atoms with E-state index < -0.39 is 0 Å². The SMILES string of the molecule is CCC(N=C1COc2ccccc2N1)N1CCNCC1c1ncccn1. The molecule has 0 radical (unpaired) electrons. The van der Waals surface area contributed by atoms with Gasteiger partial charge < -0.3 is 15.4 Å². The molecule has 2 N–H and O–H groups in total. The number of para-hydroxylation sites is 2. The number of piperazine rings is 1. The summed E-state index contributed by atoms with van der Waals surface area (Å²) in [6, 6.07) is 9.92. The number of anilines is 1. The molecule has 1 aromatic carbocycles. The summed E-state index contributed by atoms with van der Waals surface area (Å²) in [7, 11) is 0. The van der Waals surface area contributed by atoms with Gasteiger partial charge in [-0.25, -0.2) is 15.0 Å². The Labute approximate surface area is 153 Å². The van der Waals surface area contributed by atoms with Crippen molar-refractivity contribution in [2.75, 3.05) is 31.6 Å². The summed E-state index contributed by atoms with van der Waals surface area (Å²) in [5.74, 6) is 2.58. The predicted octanol–water partition coefficient (Wildman–Crippen LogP) is 2.06. The summed E-state index contributed by atoms with van der Waals surface area (Å²) in [6.45, 7) is 5.31. The molecule has 1 saturated heterocycles. The number of hydrogen-bond acceptors (Lipinski definition) is 6. The minimum Gasteiger partial charge on any atom is -0.484 e. The number of benzene rings is 1. The number of nitrogens with one attached hydrogen (secondary N) is 2. The Kier molecular flexibility index (Phi) is 5.08. The first-order chi connectivity index (χ1) is 12.8. The molecular formula is C19H24N6O. The third kappa shape index (κ3) is 3.54. The smallest absolute Gasteiger partial charge is 0.146 e. The average molecular weight is 352 g/mol. The summed E-state index contributed by atoms with van der Waals surface area (Å²) in [6.07, 6.45) is 4.57. The van der Waals surface area contributed by atoms with Crippen molar-refractivity contribution in [2.24, 2.45) is 4.99 Å². The summed E-state index contributed by atoms with van der Waals surface area (Å²) >= 11 is 0. The van der Waals surface area contributed by atoms with Gasteiger partial charge in [-0.2, -0.15) is 0 Å². The molecule has 2 aliphatic rings. The summed E-state index contributed by atoms with van der Waals surface area (Å²) in [5.41, 5.74) is 0.968. The molecule has 2 aliphatic heterocycles. The Morgan fingerprint density at radius 1 is 1.27 bits per heavy atom. The van der Waals surface area contributed by atoms with Crippen LogP contribution in [0.3, 0.4) is 0 Å². The van der Waals surface area contributed by atoms with E-state index in [4.69, 9.17) is 9.73 Å². The fourth-order valence-electron chi connectivity index (χ4n) is 3.48. The molecule has 0 bridgehead atoms. The fourth-order valence-corrected chi connectivity index (χ4v) is 3.48. The lowest BCUT2D eigenvalue weighted by Gasteiger charge is -2.39. The van der Waals surface area contributed by atoms with Crippen molar-refractivity contribution in [1.29, 1.82) is 0 Å². The zero-order valence-electron chi connectivity index (χ0n) is 14.9. The quantitative estimate of drug-likeness (QED) is 0.877. The number of aromatic nitrogens is 2. The van der Waals surface area contributed by atoms with Crippen molar-refractivity contribution in [3.05, 3.63) is 48.5 Å². The van der Waals surface area contributed by atoms with Crippen LogP contribution >= 0.6 is 0 Å². The molecule has 3 heterocycles. The monoisotopic (exact) mass is 352 g/mol. The fraction of sp³-hybridized carbons (Fsp3) is 0.421. The highest BCUT2D eigenvalue weighted by molar-refractivity contribution is 5.99. The number of amidine groups is 1. The number of ether oxygens (including phenoxy) is 1. The second-order valence-electron chi connectivity index (χ2n) is 6.44. The molecule has 7 nitrogen and oxygen atoms in total. The second-order valence-corrected chi connectivity index (χ2v) is 6.44. The van der Waals surface area contributed by atoms with Crippen LogP contribution in [0.1, 0.15) is 25.2 Å². The topological polar surface area (TPSA) is 74.7 Å². The van der Waals surface area contributed by atoms with Crippen molar-refractivity contribution in [2.45, 2.75) is 25.6 Å². The van der Waals surface area contributed by atoms with E-state index in [9.17, 15) is 0 Å². The van der Waals surface area contributed by atoms with Gasteiger partial charge in [-0.15, -0.1) is 0 Å². The second kappa shape index (κ2) is 7.80. The van der Waals surface area contributed by atoms with Crippen molar-refractivity contribution < 1.29 is 4.74 Å². The standard InChI is InChI=1S/C19H24N6O/c1-2-18(24-17-13-26-16-7-4-3-6-14(16)23-17)25-11-10-20-12-15(25)19-21-8-5-9-22-19/h3-9,15,18,20H,2,10-13H2,1H3,(H,23,24). The molecule has 0 spiro atoms. The Hall–Kier alpha value is -2.51. The lowest BCUT2D eigenvalue weighted by molar-refractivity contribution is 0.101. The van der Waals surface area contributed by atoms with E-state index in [1.54, 1.807) is 12.4 Å². The maximum absolute atomic E-state index is 5.83. The predicted molar refractivity (Wildman–Crippen MR) is 101 cm³/mol. The number of rotatable bonds is 4. The molecular weight excluding hydrogens is 328 g/mol. The first kappa shape index (κ1) is 16.9. The lowest BCUT2D eigenvalue weighted by atomic mass is 10.1. The van der Waals surface area contributed by atoms with Gasteiger partial charge >= 0.3 is 0 Å². The molecule has 7 heteroatoms. The number of aliphatic imine (C=N–C) groups is 1. The van der Waals surface area contributed by atoms with E-state index in [1.165, 1.54) is 0 Å². The Morgan fingerprint density at radius 2 is 2.12 bits per heavy atom. The zero-order chi connectivity index (χ0) is 17.8. The molecule has 0 aliphatic carbocycles. The normalized spacial score (nSPS) is 23.0. The van der Waals surface area contributed by atoms with Gasteiger partial charge in [0.15, 0.2) is 0 Å². The highest BCUT2D eigenvalue weighted by Crippen LogP contribution is 2.28. The van der Waals surface area contributed by atoms with E-state index >= 15 is 0 Å². The van der Waals surface area contributed by atoms with E-state index in [2.05, 4.69) is 32.4 Å². The molecule has 0 saturated carbocycles. The number of nitrogens with zero attached hydrogens (tertiary/aromatic N) is 4. The third-order valence-electron chi connectivity index (χ3n) is 4.75. The molecule has 136 valence electrons. The highest BCUT2D eigenvalue weighted by atomic mass is 16.5. The minimum absolute atomic E-state index is 0.0577. The third-order valence-corrected chi connectivity index (χ3v) is 4.75. The Balaban J connectivity index is 1.56. The van der Waals surface area contributed by atoms with Gasteiger partial charge in [-0.1, -0.05) is 19.1 Å². The maximum Gasteiger partial charge on any atom is 0.146 e. The number of fused-ring (bicyclic) bond motifs is 1. The Morgan fingerprint density at radius 3 is 2.96 bits per heavy atom. The largest absolute Gasteiger partial charge is 0.484 e. The molecule has 2 atom stereocenters. The first-order valence-corrected chi connectivity index (χ1v) is 9.14. The van der Waals surface area contributed by atoms with Crippen LogP contribution in [-0.4, -0.2) is 53.1 Å². The van der Waals surface area contributed by atoms with Crippen LogP contribution in [0.15, 0.2) is 47.7 Å². The maximum atomic E-state index is 5.83. The van der Waals surface area contributed by atoms with Crippen LogP contribution in [0, 0.1) is 0 Å². The molecule has 26 heavy (non-hydrogen) atoms. The van der Waals surface area contributed by atoms with E-state index in [0.717, 1.165) is 49.2 Å². The van der Waals surface area contributed by atoms with Gasteiger partial charge in [0.25, 0.3) is 0 Å². The van der Waals surface area contributed by atoms with Crippen LogP contribution in [-0.2, 0) is 0 Å². The first-order valence-electron chi connectivity index (χ1n) is 9.14. The van der Waals surface area contributed by atoms with E-state index in [1.807, 2.05) is 30.3 Å². The van der Waals surface area contributed by atoms with Crippen molar-refractivity contribution in [1.82, 2.24) is 20.2 Å². The lowest BCUT2D eigenvalue weighted by Crippen LogP contribution is -2.50. The van der Waals surface area contributed by atoms with Gasteiger partial charge in [0.05, 0.1) is 11.7 Å². The van der Waals surface area contributed by atoms with Crippen molar-refractivity contribution in [3.63, 3.8) is 0 Å². The van der Waals surface area contributed by atoms with E-state index in [0.29, 0.717) is 6.61 Å². The van der Waals surface area contributed by atoms with Crippen molar-refractivity contribution in [3.8, 4) is 5.75 Å². The van der Waals surface area contributed by atoms with Crippen LogP contribution in [0.4, 0.5) is 5.69 Å². The zero-order valence-corrected chi connectivity index (χ0v) is 14.9. The van der Waals surface area contributed by atoms with Gasteiger partial charge in [0, 0.05) is 32.0 Å². The van der Waals surface area contributed by atoms with Crippen LogP contribution < -0.4 is 15.4 Å². The van der Waals surface area contributed by atoms with Crippen LogP contribution in [0.5, 0.6) is 5.75 Å². The molecule has 1 aromatic heterocycles. The highest BCUT2D eigenvalue weighted by Gasteiger charge is 2.31. The molecule has 1 fully saturated rings. The number of hydrogen-bond donors (Lipinski definition) is 2. The van der Waals surface area contributed by atoms with Gasteiger partial charge in [0.1, 0.15) is 30.2 Å². The molecule has 2 aromatic rings. The van der Waals surface area contributed by atoms with Gasteiger partial charge in [0.2, 0.25) is 0 Å². The van der Waals surface area contributed by atoms with E-state index in [-0.39, 0.29) is 12.2 Å². The average Bonchev–Trinajstić information content (AvgIpc) is 2.72. The van der Waals surface area contributed by atoms with Gasteiger partial charge in [-0.3, -0.25) is 4.90 Å². The summed E-state index contributed by atoms with van der Waals surface area (Å²) in [5, 5.41) is 6.86. The molecule has 4 rings (SSSR count). The Bertz CT molecular complexity index is 766. The van der Waals surface area contributed by atoms with Crippen LogP contribution in [0.2, 0.25) is 0 Å². The summed E-state index contributed by atoms with van der Waals surface area (Å²) < 4.78 is 5.83. The van der Waals surface area contributed by atoms with Gasteiger partial charge in [-0.05, 0) is 24.6 Å². The summed E-state index contributed by atoms with van der Waals surface area (Å²) in [4.78, 5) is 16.3. The minimum atomic E-state index is 0.0577.